The molecule has 0 rings (SSSR count). The van der Waals surface area contributed by atoms with E-state index in [0.717, 1.165) is 51.4 Å². The van der Waals surface area contributed by atoms with Gasteiger partial charge >= 0.3 is 5.97 Å². The Hall–Kier alpha value is -1.40. The summed E-state index contributed by atoms with van der Waals surface area (Å²) in [6.45, 7) is 4.91. The molecule has 0 heterocycles. The normalized spacial score (nSPS) is 12.6. The molecule has 0 bridgehead atoms. The highest BCUT2D eigenvalue weighted by Crippen LogP contribution is 2.17. The van der Waals surface area contributed by atoms with Crippen molar-refractivity contribution in [1.29, 1.82) is 0 Å². The topological polar surface area (TPSA) is 95.9 Å². The number of ether oxygens (including phenoxy) is 1. The molecule has 0 radical (unpaired) electrons. The fraction of sp³-hybridized carbons (Fsp3) is 0.929. The molecule has 0 fully saturated rings. The van der Waals surface area contributed by atoms with Gasteiger partial charge in [-0.15, -0.1) is 0 Å². The second-order valence-corrected chi connectivity index (χ2v) is 19.3. The van der Waals surface area contributed by atoms with Gasteiger partial charge in [-0.05, 0) is 44.9 Å². The summed E-state index contributed by atoms with van der Waals surface area (Å²) in [4.78, 5) is 24.5. The summed E-state index contributed by atoms with van der Waals surface area (Å²) < 4.78 is 5.44. The van der Waals surface area contributed by atoms with Crippen molar-refractivity contribution in [3.05, 3.63) is 12.2 Å². The summed E-state index contributed by atoms with van der Waals surface area (Å²) in [6.07, 6.45) is 60.5. The van der Waals surface area contributed by atoms with E-state index in [2.05, 4.69) is 31.3 Å². The fourth-order valence-electron chi connectivity index (χ4n) is 8.74. The number of hydrogen-bond acceptors (Lipinski definition) is 5. The van der Waals surface area contributed by atoms with E-state index in [9.17, 15) is 19.8 Å². The Labute approximate surface area is 387 Å². The van der Waals surface area contributed by atoms with Crippen molar-refractivity contribution in [2.24, 2.45) is 0 Å². The zero-order valence-corrected chi connectivity index (χ0v) is 41.9. The number of esters is 1. The van der Waals surface area contributed by atoms with Crippen LogP contribution in [0, 0.1) is 0 Å². The number of carbonyl (C=O) groups is 2. The smallest absolute Gasteiger partial charge is 0.305 e. The Bertz CT molecular complexity index is 924. The van der Waals surface area contributed by atoms with E-state index in [4.69, 9.17) is 4.74 Å². The third-order valence-corrected chi connectivity index (χ3v) is 13.1. The van der Waals surface area contributed by atoms with Gasteiger partial charge in [0, 0.05) is 12.8 Å². The SMILES string of the molecule is CCCC/C=C\CCCCCCCC(=O)OCCCCCCCCCCCCCCCCC(=O)NC(CO)C(O)CCCCCCCCCCCCCCCCCCCCCC. The molecule has 0 aliphatic carbocycles. The molecule has 2 atom stereocenters. The lowest BCUT2D eigenvalue weighted by Crippen LogP contribution is -2.45. The molecule has 0 saturated carbocycles. The Balaban J connectivity index is 3.45. The maximum Gasteiger partial charge on any atom is 0.305 e. The van der Waals surface area contributed by atoms with Crippen LogP contribution >= 0.6 is 0 Å². The van der Waals surface area contributed by atoms with Gasteiger partial charge in [0.15, 0.2) is 0 Å². The predicted molar refractivity (Wildman–Crippen MR) is 269 cm³/mol. The lowest BCUT2D eigenvalue weighted by atomic mass is 10.0. The van der Waals surface area contributed by atoms with Crippen molar-refractivity contribution < 1.29 is 24.5 Å². The van der Waals surface area contributed by atoms with Crippen LogP contribution in [0.5, 0.6) is 0 Å². The minimum atomic E-state index is -0.671. The van der Waals surface area contributed by atoms with Crippen LogP contribution in [-0.4, -0.2) is 47.4 Å². The van der Waals surface area contributed by atoms with Gasteiger partial charge in [0.1, 0.15) is 0 Å². The van der Waals surface area contributed by atoms with E-state index in [1.165, 1.54) is 225 Å². The summed E-state index contributed by atoms with van der Waals surface area (Å²) in [5.74, 6) is -0.0555. The number of aliphatic hydroxyl groups is 2. The average Bonchev–Trinajstić information content (AvgIpc) is 3.27. The van der Waals surface area contributed by atoms with Crippen molar-refractivity contribution in [1.82, 2.24) is 5.32 Å². The fourth-order valence-corrected chi connectivity index (χ4v) is 8.74. The molecular formula is C56H109NO5. The largest absolute Gasteiger partial charge is 0.466 e. The lowest BCUT2D eigenvalue weighted by molar-refractivity contribution is -0.143. The van der Waals surface area contributed by atoms with Gasteiger partial charge in [0.2, 0.25) is 5.91 Å². The summed E-state index contributed by atoms with van der Waals surface area (Å²) in [6, 6.07) is -0.549. The van der Waals surface area contributed by atoms with Crippen molar-refractivity contribution >= 4 is 11.9 Å². The molecule has 0 spiro atoms. The van der Waals surface area contributed by atoms with Crippen LogP contribution in [0.2, 0.25) is 0 Å². The van der Waals surface area contributed by atoms with Crippen molar-refractivity contribution in [2.45, 2.75) is 321 Å². The van der Waals surface area contributed by atoms with Gasteiger partial charge in [0.05, 0.1) is 25.4 Å². The van der Waals surface area contributed by atoms with E-state index in [0.29, 0.717) is 25.9 Å². The number of nitrogens with one attached hydrogen (secondary N) is 1. The third kappa shape index (κ3) is 48.1. The number of rotatable bonds is 52. The van der Waals surface area contributed by atoms with Gasteiger partial charge in [-0.25, -0.2) is 0 Å². The van der Waals surface area contributed by atoms with Crippen LogP contribution in [0.25, 0.3) is 0 Å². The summed E-state index contributed by atoms with van der Waals surface area (Å²) in [5.41, 5.74) is 0. The quantitative estimate of drug-likeness (QED) is 0.0321. The molecule has 6 heteroatoms. The highest BCUT2D eigenvalue weighted by Gasteiger charge is 2.20. The Morgan fingerprint density at radius 2 is 0.774 bits per heavy atom. The van der Waals surface area contributed by atoms with Crippen LogP contribution < -0.4 is 5.32 Å². The van der Waals surface area contributed by atoms with Gasteiger partial charge in [-0.2, -0.15) is 0 Å². The van der Waals surface area contributed by atoms with E-state index >= 15 is 0 Å². The number of amides is 1. The van der Waals surface area contributed by atoms with Gasteiger partial charge in [-0.3, -0.25) is 9.59 Å². The molecule has 0 aliphatic heterocycles. The van der Waals surface area contributed by atoms with Crippen LogP contribution in [0.4, 0.5) is 0 Å². The van der Waals surface area contributed by atoms with Crippen LogP contribution in [0.15, 0.2) is 12.2 Å². The molecule has 3 N–H and O–H groups in total. The minimum absolute atomic E-state index is 0.0125. The van der Waals surface area contributed by atoms with Crippen molar-refractivity contribution in [3.63, 3.8) is 0 Å². The number of aliphatic hydroxyl groups excluding tert-OH is 2. The van der Waals surface area contributed by atoms with Crippen LogP contribution in [-0.2, 0) is 14.3 Å². The Morgan fingerprint density at radius 3 is 1.19 bits per heavy atom. The predicted octanol–water partition coefficient (Wildman–Crippen LogP) is 16.9. The molecule has 2 unspecified atom stereocenters. The summed E-state index contributed by atoms with van der Waals surface area (Å²) >= 11 is 0. The van der Waals surface area contributed by atoms with E-state index < -0.39 is 12.1 Å². The maximum atomic E-state index is 12.5. The highest BCUT2D eigenvalue weighted by atomic mass is 16.5. The first-order chi connectivity index (χ1) is 30.5. The molecule has 368 valence electrons. The molecule has 0 aromatic carbocycles. The van der Waals surface area contributed by atoms with Gasteiger partial charge < -0.3 is 20.3 Å². The second-order valence-electron chi connectivity index (χ2n) is 19.3. The van der Waals surface area contributed by atoms with E-state index in [-0.39, 0.29) is 18.5 Å². The van der Waals surface area contributed by atoms with E-state index in [1.807, 2.05) is 0 Å². The first kappa shape index (κ1) is 60.6. The highest BCUT2D eigenvalue weighted by molar-refractivity contribution is 5.76. The zero-order chi connectivity index (χ0) is 45.1. The Morgan fingerprint density at radius 1 is 0.435 bits per heavy atom. The number of allylic oxidation sites excluding steroid dienone is 2. The molecule has 0 aromatic rings. The summed E-state index contributed by atoms with van der Waals surface area (Å²) in [5, 5.41) is 23.3. The standard InChI is InChI=1S/C56H109NO5/c1-3-5-7-9-11-13-15-16-17-18-19-20-21-22-25-29-32-36-40-44-48-54(59)53(52-58)57-55(60)49-45-41-37-33-30-26-23-24-27-31-35-39-43-47-51-62-56(61)50-46-42-38-34-28-14-12-10-8-6-4-2/h10,12,53-54,58-59H,3-9,11,13-52H2,1-2H3,(H,57,60)/b12-10-. The monoisotopic (exact) mass is 876 g/mol. The summed E-state index contributed by atoms with van der Waals surface area (Å²) in [7, 11) is 0. The molecule has 0 aromatic heterocycles. The lowest BCUT2D eigenvalue weighted by Gasteiger charge is -2.22. The molecular weight excluding hydrogens is 767 g/mol. The van der Waals surface area contributed by atoms with Crippen LogP contribution in [0.1, 0.15) is 309 Å². The minimum Gasteiger partial charge on any atom is -0.466 e. The van der Waals surface area contributed by atoms with E-state index in [1.54, 1.807) is 0 Å². The average molecular weight is 876 g/mol. The molecule has 1 amide bonds. The third-order valence-electron chi connectivity index (χ3n) is 13.1. The first-order valence-electron chi connectivity index (χ1n) is 27.9. The maximum absolute atomic E-state index is 12.5. The van der Waals surface area contributed by atoms with Gasteiger partial charge in [0.25, 0.3) is 0 Å². The number of hydrogen-bond donors (Lipinski definition) is 3. The Kier molecular flexibility index (Phi) is 51.0. The molecule has 0 saturated heterocycles. The number of unbranched alkanes of at least 4 members (excludes halogenated alkanes) is 39. The number of carbonyl (C=O) groups excluding carboxylic acids is 2. The molecule has 62 heavy (non-hydrogen) atoms. The molecule has 6 nitrogen and oxygen atoms in total. The van der Waals surface area contributed by atoms with Crippen LogP contribution in [0.3, 0.4) is 0 Å². The second kappa shape index (κ2) is 52.2. The van der Waals surface area contributed by atoms with Crippen molar-refractivity contribution in [3.8, 4) is 0 Å². The first-order valence-corrected chi connectivity index (χ1v) is 27.9. The van der Waals surface area contributed by atoms with Gasteiger partial charge in [-0.1, -0.05) is 264 Å². The molecule has 0 aliphatic rings. The zero-order valence-electron chi connectivity index (χ0n) is 41.9. The van der Waals surface area contributed by atoms with Crippen molar-refractivity contribution in [2.75, 3.05) is 13.2 Å².